The Labute approximate surface area is 138 Å². The Hall–Kier alpha value is -2.09. The first-order valence-corrected chi connectivity index (χ1v) is 8.31. The second-order valence-corrected chi connectivity index (χ2v) is 6.12. The van der Waals surface area contributed by atoms with Crippen LogP contribution in [-0.2, 0) is 27.1 Å². The molecule has 2 N–H and O–H groups in total. The molecule has 7 nitrogen and oxygen atoms in total. The quantitative estimate of drug-likeness (QED) is 0.801. The van der Waals surface area contributed by atoms with Crippen molar-refractivity contribution in [3.63, 3.8) is 0 Å². The fraction of sp³-hybridized carbons (Fsp3) is 0.533. The highest BCUT2D eigenvalue weighted by Gasteiger charge is 2.27. The van der Waals surface area contributed by atoms with Crippen LogP contribution in [0.25, 0.3) is 0 Å². The number of fused-ring (bicyclic) bond motifs is 1. The third kappa shape index (κ3) is 4.22. The monoisotopic (exact) mass is 340 g/mol. The largest absolute Gasteiger partial charge is 0.468 e. The molecule has 23 heavy (non-hydrogen) atoms. The zero-order valence-electron chi connectivity index (χ0n) is 13.2. The lowest BCUT2D eigenvalue weighted by atomic mass is 9.95. The van der Waals surface area contributed by atoms with Crippen LogP contribution >= 0.6 is 11.3 Å². The van der Waals surface area contributed by atoms with Gasteiger partial charge in [0.15, 0.2) is 0 Å². The normalized spacial score (nSPS) is 13.0. The van der Waals surface area contributed by atoms with Gasteiger partial charge in [-0.25, -0.2) is 9.59 Å². The van der Waals surface area contributed by atoms with Crippen LogP contribution in [0.15, 0.2) is 0 Å². The van der Waals surface area contributed by atoms with Gasteiger partial charge in [-0.05, 0) is 38.2 Å². The minimum Gasteiger partial charge on any atom is -0.468 e. The zero-order chi connectivity index (χ0) is 16.8. The summed E-state index contributed by atoms with van der Waals surface area (Å²) in [5, 5.41) is 5.51. The van der Waals surface area contributed by atoms with E-state index in [4.69, 9.17) is 4.74 Å². The number of aryl methyl sites for hydroxylation is 1. The summed E-state index contributed by atoms with van der Waals surface area (Å²) in [5.74, 6) is -0.966. The van der Waals surface area contributed by atoms with E-state index >= 15 is 0 Å². The van der Waals surface area contributed by atoms with Gasteiger partial charge in [0.25, 0.3) is 0 Å². The van der Waals surface area contributed by atoms with Crippen molar-refractivity contribution in [2.75, 3.05) is 25.6 Å². The molecular weight excluding hydrogens is 320 g/mol. The van der Waals surface area contributed by atoms with Crippen LogP contribution in [0.1, 0.15) is 40.6 Å². The van der Waals surface area contributed by atoms with E-state index in [0.29, 0.717) is 10.6 Å². The van der Waals surface area contributed by atoms with Crippen LogP contribution in [0.5, 0.6) is 0 Å². The molecule has 2 amide bonds. The Kier molecular flexibility index (Phi) is 5.97. The number of nitrogens with one attached hydrogen (secondary N) is 2. The number of esters is 2. The molecule has 1 aliphatic rings. The highest BCUT2D eigenvalue weighted by molar-refractivity contribution is 7.17. The molecule has 2 rings (SSSR count). The average molecular weight is 340 g/mol. The molecule has 1 aromatic heterocycles. The maximum atomic E-state index is 12.2. The number of carbonyl (C=O) groups excluding carboxylic acids is 3. The number of thiophene rings is 1. The molecular formula is C15H20N2O5S. The summed E-state index contributed by atoms with van der Waals surface area (Å²) in [4.78, 5) is 36.3. The van der Waals surface area contributed by atoms with Crippen molar-refractivity contribution in [1.82, 2.24) is 5.32 Å². The molecule has 1 aromatic rings. The number of methoxy groups -OCH3 is 1. The van der Waals surface area contributed by atoms with Gasteiger partial charge in [0, 0.05) is 4.88 Å². The molecule has 0 aliphatic heterocycles. The summed E-state index contributed by atoms with van der Waals surface area (Å²) in [6.07, 6.45) is 3.80. The molecule has 0 spiro atoms. The second kappa shape index (κ2) is 7.96. The molecule has 8 heteroatoms. The van der Waals surface area contributed by atoms with Crippen LogP contribution in [0, 0.1) is 0 Å². The van der Waals surface area contributed by atoms with Gasteiger partial charge >= 0.3 is 18.0 Å². The summed E-state index contributed by atoms with van der Waals surface area (Å²) < 4.78 is 9.57. The minimum atomic E-state index is -0.556. The first kappa shape index (κ1) is 17.3. The lowest BCUT2D eigenvalue weighted by Crippen LogP contribution is -2.34. The molecule has 0 unspecified atom stereocenters. The van der Waals surface area contributed by atoms with E-state index in [9.17, 15) is 14.4 Å². The predicted octanol–water partition coefficient (Wildman–Crippen LogP) is 2.10. The van der Waals surface area contributed by atoms with Gasteiger partial charge in [0.1, 0.15) is 11.5 Å². The topological polar surface area (TPSA) is 93.7 Å². The van der Waals surface area contributed by atoms with Gasteiger partial charge in [-0.1, -0.05) is 0 Å². The number of amides is 2. The number of carbonyl (C=O) groups is 3. The van der Waals surface area contributed by atoms with Crippen LogP contribution in [0.3, 0.4) is 0 Å². The van der Waals surface area contributed by atoms with Crippen LogP contribution in [-0.4, -0.2) is 38.2 Å². The highest BCUT2D eigenvalue weighted by Crippen LogP contribution is 2.38. The van der Waals surface area contributed by atoms with Crippen LogP contribution in [0.4, 0.5) is 9.80 Å². The summed E-state index contributed by atoms with van der Waals surface area (Å²) in [5.41, 5.74) is 1.42. The molecule has 1 heterocycles. The lowest BCUT2D eigenvalue weighted by Gasteiger charge is -2.12. The number of hydrogen-bond acceptors (Lipinski definition) is 6. The molecule has 0 saturated heterocycles. The Morgan fingerprint density at radius 1 is 1.22 bits per heavy atom. The van der Waals surface area contributed by atoms with Gasteiger partial charge in [-0.15, -0.1) is 11.3 Å². The number of urea groups is 1. The number of ether oxygens (including phenoxy) is 2. The smallest absolute Gasteiger partial charge is 0.341 e. The van der Waals surface area contributed by atoms with Crippen molar-refractivity contribution < 1.29 is 23.9 Å². The molecule has 0 bridgehead atoms. The van der Waals surface area contributed by atoms with Gasteiger partial charge < -0.3 is 14.8 Å². The minimum absolute atomic E-state index is 0.234. The molecule has 0 saturated carbocycles. The Morgan fingerprint density at radius 3 is 2.65 bits per heavy atom. The molecule has 1 aliphatic carbocycles. The van der Waals surface area contributed by atoms with E-state index < -0.39 is 18.0 Å². The Balaban J connectivity index is 2.17. The first-order chi connectivity index (χ1) is 11.1. The fourth-order valence-electron chi connectivity index (χ4n) is 2.45. The fourth-order valence-corrected chi connectivity index (χ4v) is 3.72. The SMILES string of the molecule is CCOC(=O)c1c(NC(=O)NCC(=O)OC)sc2c1CCCC2. The van der Waals surface area contributed by atoms with E-state index in [1.54, 1.807) is 6.92 Å². The third-order valence-corrected chi connectivity index (χ3v) is 4.71. The van der Waals surface area contributed by atoms with Gasteiger partial charge in [-0.2, -0.15) is 0 Å². The van der Waals surface area contributed by atoms with E-state index in [2.05, 4.69) is 15.4 Å². The first-order valence-electron chi connectivity index (χ1n) is 7.50. The Morgan fingerprint density at radius 2 is 1.96 bits per heavy atom. The van der Waals surface area contributed by atoms with Crippen molar-refractivity contribution in [2.45, 2.75) is 32.6 Å². The summed E-state index contributed by atoms with van der Waals surface area (Å²) in [6, 6.07) is -0.556. The van der Waals surface area contributed by atoms with Gasteiger partial charge in [0.05, 0.1) is 19.3 Å². The average Bonchev–Trinajstić information content (AvgIpc) is 2.90. The molecule has 126 valence electrons. The standard InChI is InChI=1S/C15H20N2O5S/c1-3-22-14(19)12-9-6-4-5-7-10(9)23-13(12)17-15(20)16-8-11(18)21-2/h3-8H2,1-2H3,(H2,16,17,20). The van der Waals surface area contributed by atoms with E-state index in [-0.39, 0.29) is 13.2 Å². The third-order valence-electron chi connectivity index (χ3n) is 3.50. The van der Waals surface area contributed by atoms with Crippen LogP contribution in [0.2, 0.25) is 0 Å². The van der Waals surface area contributed by atoms with Crippen molar-refractivity contribution in [3.8, 4) is 0 Å². The number of anilines is 1. The molecule has 0 radical (unpaired) electrons. The lowest BCUT2D eigenvalue weighted by molar-refractivity contribution is -0.139. The van der Waals surface area contributed by atoms with E-state index in [1.807, 2.05) is 0 Å². The van der Waals surface area contributed by atoms with Crippen molar-refractivity contribution in [1.29, 1.82) is 0 Å². The Bertz CT molecular complexity index is 611. The number of hydrogen-bond donors (Lipinski definition) is 2. The predicted molar refractivity (Wildman–Crippen MR) is 86.0 cm³/mol. The second-order valence-electron chi connectivity index (χ2n) is 5.02. The van der Waals surface area contributed by atoms with Crippen LogP contribution < -0.4 is 10.6 Å². The van der Waals surface area contributed by atoms with Crippen molar-refractivity contribution >= 4 is 34.3 Å². The van der Waals surface area contributed by atoms with Gasteiger partial charge in [-0.3, -0.25) is 10.1 Å². The summed E-state index contributed by atoms with van der Waals surface area (Å²) in [7, 11) is 1.24. The molecule has 0 fully saturated rings. The maximum Gasteiger partial charge on any atom is 0.341 e. The van der Waals surface area contributed by atoms with E-state index in [0.717, 1.165) is 36.1 Å². The molecule has 0 atom stereocenters. The molecule has 0 aromatic carbocycles. The maximum absolute atomic E-state index is 12.2. The van der Waals surface area contributed by atoms with Crippen molar-refractivity contribution in [2.24, 2.45) is 0 Å². The highest BCUT2D eigenvalue weighted by atomic mass is 32.1. The zero-order valence-corrected chi connectivity index (χ0v) is 14.0. The van der Waals surface area contributed by atoms with E-state index in [1.165, 1.54) is 18.4 Å². The summed E-state index contributed by atoms with van der Waals surface area (Å²) >= 11 is 1.40. The van der Waals surface area contributed by atoms with Gasteiger partial charge in [0.2, 0.25) is 0 Å². The summed E-state index contributed by atoms with van der Waals surface area (Å²) in [6.45, 7) is 1.78. The number of rotatable bonds is 5. The van der Waals surface area contributed by atoms with Crippen molar-refractivity contribution in [3.05, 3.63) is 16.0 Å².